The van der Waals surface area contributed by atoms with E-state index in [-0.39, 0.29) is 12.3 Å². The van der Waals surface area contributed by atoms with Crippen molar-refractivity contribution in [3.8, 4) is 5.75 Å². The lowest BCUT2D eigenvalue weighted by Crippen LogP contribution is -2.43. The Kier molecular flexibility index (Phi) is 5.01. The van der Waals surface area contributed by atoms with Gasteiger partial charge < -0.3 is 15.4 Å². The normalized spacial score (nSPS) is 20.3. The van der Waals surface area contributed by atoms with E-state index in [0.717, 1.165) is 4.90 Å². The van der Waals surface area contributed by atoms with Crippen molar-refractivity contribution in [3.63, 3.8) is 0 Å². The largest absolute Gasteiger partial charge is 0.435 e. The average molecular weight is 341 g/mol. The zero-order valence-corrected chi connectivity index (χ0v) is 13.1. The number of carbonyl (C=O) groups excluding carboxylic acids is 3. The van der Waals surface area contributed by atoms with E-state index in [2.05, 4.69) is 15.4 Å². The first kappa shape index (κ1) is 17.6. The van der Waals surface area contributed by atoms with Crippen LogP contribution in [0, 0.1) is 0 Å². The molecule has 0 radical (unpaired) electrons. The molecule has 2 rings (SSSR count). The van der Waals surface area contributed by atoms with E-state index in [9.17, 15) is 23.2 Å². The van der Waals surface area contributed by atoms with Crippen LogP contribution in [0.4, 0.5) is 13.6 Å². The molecule has 1 aliphatic heterocycles. The number of benzene rings is 1. The summed E-state index contributed by atoms with van der Waals surface area (Å²) in [5, 5.41) is 5.03. The number of hydrogen-bond donors (Lipinski definition) is 2. The number of likely N-dealkylation sites (N-methyl/N-ethyl adjacent to an activating group) is 1. The minimum Gasteiger partial charge on any atom is -0.435 e. The fourth-order valence-corrected chi connectivity index (χ4v) is 2.40. The number of halogens is 2. The van der Waals surface area contributed by atoms with Gasteiger partial charge in [0.25, 0.3) is 5.91 Å². The molecule has 0 spiro atoms. The Morgan fingerprint density at radius 1 is 1.33 bits per heavy atom. The first-order chi connectivity index (χ1) is 11.3. The minimum absolute atomic E-state index is 0.0618. The number of nitrogens with zero attached hydrogens (tertiary/aromatic N) is 1. The summed E-state index contributed by atoms with van der Waals surface area (Å²) in [5.74, 6) is -1.11. The summed E-state index contributed by atoms with van der Waals surface area (Å²) in [7, 11) is 0. The molecule has 1 aliphatic rings. The molecule has 2 N–H and O–H groups in total. The Bertz CT molecular complexity index is 651. The highest BCUT2D eigenvalue weighted by Gasteiger charge is 2.49. The second-order valence-corrected chi connectivity index (χ2v) is 5.30. The van der Waals surface area contributed by atoms with Gasteiger partial charge in [-0.2, -0.15) is 8.78 Å². The molecular weight excluding hydrogens is 324 g/mol. The molecule has 130 valence electrons. The fourth-order valence-electron chi connectivity index (χ4n) is 2.40. The molecule has 1 aromatic rings. The van der Waals surface area contributed by atoms with Crippen molar-refractivity contribution in [2.45, 2.75) is 26.0 Å². The molecule has 1 heterocycles. The van der Waals surface area contributed by atoms with E-state index >= 15 is 0 Å². The second-order valence-electron chi connectivity index (χ2n) is 5.30. The van der Waals surface area contributed by atoms with Crippen LogP contribution in [-0.2, 0) is 15.1 Å². The number of ether oxygens (including phenoxy) is 1. The zero-order valence-electron chi connectivity index (χ0n) is 13.1. The molecule has 0 saturated carbocycles. The molecule has 0 aliphatic carbocycles. The first-order valence-corrected chi connectivity index (χ1v) is 7.24. The van der Waals surface area contributed by atoms with Crippen molar-refractivity contribution in [1.82, 2.24) is 15.5 Å². The van der Waals surface area contributed by atoms with Crippen LogP contribution in [0.3, 0.4) is 0 Å². The van der Waals surface area contributed by atoms with Gasteiger partial charge in [-0.05, 0) is 31.5 Å². The molecule has 0 unspecified atom stereocenters. The van der Waals surface area contributed by atoms with Gasteiger partial charge in [-0.1, -0.05) is 12.1 Å². The van der Waals surface area contributed by atoms with E-state index in [4.69, 9.17) is 0 Å². The van der Waals surface area contributed by atoms with Crippen molar-refractivity contribution < 1.29 is 27.9 Å². The quantitative estimate of drug-likeness (QED) is 0.761. The van der Waals surface area contributed by atoms with E-state index in [1.165, 1.54) is 31.2 Å². The van der Waals surface area contributed by atoms with Gasteiger partial charge in [0.05, 0.1) is 0 Å². The molecule has 0 aromatic heterocycles. The molecule has 7 nitrogen and oxygen atoms in total. The monoisotopic (exact) mass is 341 g/mol. The predicted molar refractivity (Wildman–Crippen MR) is 79.4 cm³/mol. The van der Waals surface area contributed by atoms with Crippen molar-refractivity contribution in [3.05, 3.63) is 29.8 Å². The maximum absolute atomic E-state index is 12.6. The second kappa shape index (κ2) is 6.81. The summed E-state index contributed by atoms with van der Waals surface area (Å²) in [6.07, 6.45) is 0. The van der Waals surface area contributed by atoms with Gasteiger partial charge in [-0.25, -0.2) is 4.79 Å². The van der Waals surface area contributed by atoms with Crippen LogP contribution < -0.4 is 15.4 Å². The standard InChI is InChI=1S/C15H17F2N3O4/c1-3-18-11(21)8-20-12(22)15(2,19-14(20)23)9-4-6-10(7-5-9)24-13(16)17/h4-7,13H,3,8H2,1-2H3,(H,18,21)(H,19,23)/t15-/m1/s1. The molecule has 9 heteroatoms. The highest BCUT2D eigenvalue weighted by atomic mass is 19.3. The van der Waals surface area contributed by atoms with Gasteiger partial charge in [-0.15, -0.1) is 0 Å². The molecule has 1 atom stereocenters. The number of imide groups is 1. The number of alkyl halides is 2. The summed E-state index contributed by atoms with van der Waals surface area (Å²) >= 11 is 0. The number of carbonyl (C=O) groups is 3. The maximum Gasteiger partial charge on any atom is 0.387 e. The van der Waals surface area contributed by atoms with Crippen LogP contribution >= 0.6 is 0 Å². The summed E-state index contributed by atoms with van der Waals surface area (Å²) in [6.45, 7) is 0.239. The highest BCUT2D eigenvalue weighted by Crippen LogP contribution is 2.30. The topological polar surface area (TPSA) is 87.7 Å². The number of hydrogen-bond acceptors (Lipinski definition) is 4. The van der Waals surface area contributed by atoms with E-state index in [0.29, 0.717) is 12.1 Å². The van der Waals surface area contributed by atoms with Gasteiger partial charge in [0, 0.05) is 6.54 Å². The zero-order chi connectivity index (χ0) is 17.9. The highest BCUT2D eigenvalue weighted by molar-refractivity contribution is 6.09. The summed E-state index contributed by atoms with van der Waals surface area (Å²) in [4.78, 5) is 37.0. The first-order valence-electron chi connectivity index (χ1n) is 7.24. The lowest BCUT2D eigenvalue weighted by atomic mass is 9.92. The Morgan fingerprint density at radius 2 is 1.96 bits per heavy atom. The Morgan fingerprint density at radius 3 is 2.50 bits per heavy atom. The number of nitrogens with one attached hydrogen (secondary N) is 2. The Hall–Kier alpha value is -2.71. The molecule has 1 fully saturated rings. The van der Waals surface area contributed by atoms with E-state index in [1.54, 1.807) is 6.92 Å². The average Bonchev–Trinajstić information content (AvgIpc) is 2.72. The van der Waals surface area contributed by atoms with Crippen LogP contribution in [0.5, 0.6) is 5.75 Å². The van der Waals surface area contributed by atoms with Crippen LogP contribution in [0.15, 0.2) is 24.3 Å². The predicted octanol–water partition coefficient (Wildman–Crippen LogP) is 1.19. The smallest absolute Gasteiger partial charge is 0.387 e. The van der Waals surface area contributed by atoms with Crippen LogP contribution in [0.2, 0.25) is 0 Å². The Balaban J connectivity index is 2.19. The van der Waals surface area contributed by atoms with Crippen molar-refractivity contribution in [2.24, 2.45) is 0 Å². The van der Waals surface area contributed by atoms with Crippen LogP contribution in [-0.4, -0.2) is 42.4 Å². The van der Waals surface area contributed by atoms with E-state index < -0.39 is 30.0 Å². The van der Waals surface area contributed by atoms with Gasteiger partial charge >= 0.3 is 12.6 Å². The summed E-state index contributed by atoms with van der Waals surface area (Å²) in [6, 6.07) is 4.68. The molecular formula is C15H17F2N3O4. The summed E-state index contributed by atoms with van der Waals surface area (Å²) < 4.78 is 28.6. The molecule has 4 amide bonds. The van der Waals surface area contributed by atoms with Gasteiger partial charge in [0.15, 0.2) is 0 Å². The van der Waals surface area contributed by atoms with Crippen LogP contribution in [0.1, 0.15) is 19.4 Å². The molecule has 24 heavy (non-hydrogen) atoms. The van der Waals surface area contributed by atoms with Crippen molar-refractivity contribution in [1.29, 1.82) is 0 Å². The third-order valence-electron chi connectivity index (χ3n) is 3.61. The number of amides is 4. The third-order valence-corrected chi connectivity index (χ3v) is 3.61. The van der Waals surface area contributed by atoms with Crippen molar-refractivity contribution in [2.75, 3.05) is 13.1 Å². The summed E-state index contributed by atoms with van der Waals surface area (Å²) in [5.41, 5.74) is -0.992. The SMILES string of the molecule is CCNC(=O)CN1C(=O)N[C@](C)(c2ccc(OC(F)F)cc2)C1=O. The lowest BCUT2D eigenvalue weighted by molar-refractivity contribution is -0.134. The lowest BCUT2D eigenvalue weighted by Gasteiger charge is -2.22. The van der Waals surface area contributed by atoms with Crippen LogP contribution in [0.25, 0.3) is 0 Å². The number of urea groups is 1. The minimum atomic E-state index is -2.95. The van der Waals surface area contributed by atoms with Gasteiger partial charge in [0.1, 0.15) is 17.8 Å². The third kappa shape index (κ3) is 3.44. The molecule has 1 aromatic carbocycles. The molecule has 1 saturated heterocycles. The van der Waals surface area contributed by atoms with Gasteiger partial charge in [0.2, 0.25) is 5.91 Å². The Labute approximate surface area is 136 Å². The van der Waals surface area contributed by atoms with E-state index in [1.807, 2.05) is 0 Å². The number of rotatable bonds is 6. The maximum atomic E-state index is 12.6. The fraction of sp³-hybridized carbons (Fsp3) is 0.400. The molecule has 0 bridgehead atoms. The van der Waals surface area contributed by atoms with Gasteiger partial charge in [-0.3, -0.25) is 14.5 Å². The van der Waals surface area contributed by atoms with Crippen molar-refractivity contribution >= 4 is 17.8 Å².